The molecule has 0 aliphatic carbocycles. The zero-order valence-electron chi connectivity index (χ0n) is 15.2. The number of carbonyl (C=O) groups is 1. The Hall–Kier alpha value is -1.01. The number of likely N-dealkylation sites (N-methyl/N-ethyl adjacent to an activating group) is 2. The predicted octanol–water partition coefficient (Wildman–Crippen LogP) is 2.67. The fourth-order valence-corrected chi connectivity index (χ4v) is 3.14. The summed E-state index contributed by atoms with van der Waals surface area (Å²) in [6, 6.07) is 7.64. The summed E-state index contributed by atoms with van der Waals surface area (Å²) < 4.78 is 5.67. The Morgan fingerprint density at radius 3 is 2.76 bits per heavy atom. The minimum Gasteiger partial charge on any atom is -0.492 e. The van der Waals surface area contributed by atoms with Gasteiger partial charge in [0, 0.05) is 24.7 Å². The van der Waals surface area contributed by atoms with Crippen LogP contribution in [0.1, 0.15) is 19.8 Å². The summed E-state index contributed by atoms with van der Waals surface area (Å²) in [6.07, 6.45) is 2.31. The Morgan fingerprint density at radius 2 is 2.12 bits per heavy atom. The fourth-order valence-electron chi connectivity index (χ4n) is 3.01. The zero-order valence-corrected chi connectivity index (χ0v) is 16.8. The van der Waals surface area contributed by atoms with E-state index in [2.05, 4.69) is 10.2 Å². The Morgan fingerprint density at radius 1 is 1.44 bits per heavy atom. The number of ether oxygens (including phenoxy) is 1. The summed E-state index contributed by atoms with van der Waals surface area (Å²) in [5.74, 6) is 0.910. The molecule has 1 aromatic rings. The van der Waals surface area contributed by atoms with Gasteiger partial charge >= 0.3 is 0 Å². The Balaban J connectivity index is 0.00000312. The van der Waals surface area contributed by atoms with Crippen LogP contribution >= 0.6 is 24.0 Å². The average Bonchev–Trinajstić information content (AvgIpc) is 2.62. The lowest BCUT2D eigenvalue weighted by atomic mass is 10.0. The molecule has 1 N–H and O–H groups in total. The molecule has 142 valence electrons. The van der Waals surface area contributed by atoms with Crippen LogP contribution in [0.15, 0.2) is 24.3 Å². The smallest absolute Gasteiger partial charge is 0.239 e. The van der Waals surface area contributed by atoms with E-state index in [4.69, 9.17) is 16.3 Å². The van der Waals surface area contributed by atoms with Crippen LogP contribution in [-0.4, -0.2) is 68.1 Å². The van der Waals surface area contributed by atoms with Crippen molar-refractivity contribution >= 4 is 29.9 Å². The lowest BCUT2D eigenvalue weighted by Gasteiger charge is -2.37. The second kappa shape index (κ2) is 10.9. The molecule has 1 heterocycles. The van der Waals surface area contributed by atoms with Crippen LogP contribution in [0.25, 0.3) is 0 Å². The van der Waals surface area contributed by atoms with Gasteiger partial charge in [-0.25, -0.2) is 0 Å². The normalized spacial score (nSPS) is 19.0. The van der Waals surface area contributed by atoms with E-state index >= 15 is 0 Å². The van der Waals surface area contributed by atoms with Gasteiger partial charge in [0.15, 0.2) is 0 Å². The minimum atomic E-state index is -0.0957. The van der Waals surface area contributed by atoms with E-state index in [1.807, 2.05) is 33.2 Å². The van der Waals surface area contributed by atoms with Crippen LogP contribution in [0.5, 0.6) is 5.75 Å². The molecular formula is C18H29Cl2N3O2. The first-order valence-corrected chi connectivity index (χ1v) is 8.93. The number of hydrogen-bond acceptors (Lipinski definition) is 4. The van der Waals surface area contributed by atoms with Gasteiger partial charge in [-0.15, -0.1) is 12.4 Å². The minimum absolute atomic E-state index is 0. The number of carbonyl (C=O) groups excluding carboxylic acids is 1. The van der Waals surface area contributed by atoms with Gasteiger partial charge in [0.2, 0.25) is 5.91 Å². The highest BCUT2D eigenvalue weighted by Crippen LogP contribution is 2.16. The SMILES string of the molecule is CNC1CCCN(C(C)C(=O)N(C)CCOc2ccc(Cl)cc2)C1.Cl. The van der Waals surface area contributed by atoms with Crippen LogP contribution < -0.4 is 10.1 Å². The first kappa shape index (κ1) is 22.0. The molecule has 5 nitrogen and oxygen atoms in total. The summed E-state index contributed by atoms with van der Waals surface area (Å²) >= 11 is 5.85. The van der Waals surface area contributed by atoms with Gasteiger partial charge in [-0.2, -0.15) is 0 Å². The molecule has 0 bridgehead atoms. The summed E-state index contributed by atoms with van der Waals surface area (Å²) in [5.41, 5.74) is 0. The van der Waals surface area contributed by atoms with Crippen LogP contribution in [0, 0.1) is 0 Å². The number of nitrogens with one attached hydrogen (secondary N) is 1. The van der Waals surface area contributed by atoms with E-state index in [-0.39, 0.29) is 24.4 Å². The van der Waals surface area contributed by atoms with Crippen molar-refractivity contribution in [3.8, 4) is 5.75 Å². The van der Waals surface area contributed by atoms with Crippen molar-refractivity contribution in [1.29, 1.82) is 0 Å². The second-order valence-electron chi connectivity index (χ2n) is 6.36. The van der Waals surface area contributed by atoms with Crippen molar-refractivity contribution in [3.63, 3.8) is 0 Å². The summed E-state index contributed by atoms with van der Waals surface area (Å²) in [7, 11) is 3.82. The molecule has 2 unspecified atom stereocenters. The maximum Gasteiger partial charge on any atom is 0.239 e. The lowest BCUT2D eigenvalue weighted by Crippen LogP contribution is -2.53. The van der Waals surface area contributed by atoms with Gasteiger partial charge in [0.25, 0.3) is 0 Å². The highest BCUT2D eigenvalue weighted by atomic mass is 35.5. The molecule has 0 spiro atoms. The monoisotopic (exact) mass is 389 g/mol. The Labute approximate surface area is 162 Å². The molecule has 0 saturated carbocycles. The molecule has 0 aromatic heterocycles. The van der Waals surface area contributed by atoms with Crippen molar-refractivity contribution in [1.82, 2.24) is 15.1 Å². The quantitative estimate of drug-likeness (QED) is 0.778. The van der Waals surface area contributed by atoms with Crippen molar-refractivity contribution in [2.75, 3.05) is 40.3 Å². The molecule has 1 fully saturated rings. The third kappa shape index (κ3) is 6.66. The molecule has 1 amide bonds. The van der Waals surface area contributed by atoms with E-state index in [9.17, 15) is 4.79 Å². The molecule has 1 aliphatic heterocycles. The topological polar surface area (TPSA) is 44.8 Å². The van der Waals surface area contributed by atoms with Gasteiger partial charge in [0.05, 0.1) is 12.6 Å². The largest absolute Gasteiger partial charge is 0.492 e. The van der Waals surface area contributed by atoms with Crippen molar-refractivity contribution in [3.05, 3.63) is 29.3 Å². The number of nitrogens with zero attached hydrogens (tertiary/aromatic N) is 2. The van der Waals surface area contributed by atoms with Gasteiger partial charge in [-0.3, -0.25) is 9.69 Å². The number of benzene rings is 1. The van der Waals surface area contributed by atoms with E-state index < -0.39 is 0 Å². The van der Waals surface area contributed by atoms with Crippen molar-refractivity contribution < 1.29 is 9.53 Å². The second-order valence-corrected chi connectivity index (χ2v) is 6.80. The molecular weight excluding hydrogens is 361 g/mol. The van der Waals surface area contributed by atoms with Crippen molar-refractivity contribution in [2.24, 2.45) is 0 Å². The van der Waals surface area contributed by atoms with E-state index in [0.29, 0.717) is 24.2 Å². The Kier molecular flexibility index (Phi) is 9.57. The summed E-state index contributed by atoms with van der Waals surface area (Å²) in [6.45, 7) is 4.94. The first-order chi connectivity index (χ1) is 11.5. The molecule has 7 heteroatoms. The van der Waals surface area contributed by atoms with Crippen LogP contribution in [0.3, 0.4) is 0 Å². The highest BCUT2D eigenvalue weighted by molar-refractivity contribution is 6.30. The fraction of sp³-hybridized carbons (Fsp3) is 0.611. The molecule has 2 rings (SSSR count). The number of piperidine rings is 1. The maximum atomic E-state index is 12.6. The van der Waals surface area contributed by atoms with Gasteiger partial charge in [0.1, 0.15) is 12.4 Å². The van der Waals surface area contributed by atoms with Gasteiger partial charge in [-0.05, 0) is 57.6 Å². The third-order valence-electron chi connectivity index (χ3n) is 4.65. The van der Waals surface area contributed by atoms with E-state index in [1.54, 1.807) is 17.0 Å². The third-order valence-corrected chi connectivity index (χ3v) is 4.90. The number of rotatable bonds is 7. The highest BCUT2D eigenvalue weighted by Gasteiger charge is 2.28. The molecule has 25 heavy (non-hydrogen) atoms. The van der Waals surface area contributed by atoms with Crippen molar-refractivity contribution in [2.45, 2.75) is 31.8 Å². The first-order valence-electron chi connectivity index (χ1n) is 8.56. The number of likely N-dealkylation sites (tertiary alicyclic amines) is 1. The van der Waals surface area contributed by atoms with Crippen LogP contribution in [0.2, 0.25) is 5.02 Å². The molecule has 1 saturated heterocycles. The summed E-state index contributed by atoms with van der Waals surface area (Å²) in [4.78, 5) is 16.6. The molecule has 1 aromatic carbocycles. The van der Waals surface area contributed by atoms with Gasteiger partial charge < -0.3 is 15.0 Å². The van der Waals surface area contributed by atoms with E-state index in [1.165, 1.54) is 6.42 Å². The molecule has 1 aliphatic rings. The van der Waals surface area contributed by atoms with Gasteiger partial charge in [-0.1, -0.05) is 11.6 Å². The number of hydrogen-bond donors (Lipinski definition) is 1. The number of amides is 1. The summed E-state index contributed by atoms with van der Waals surface area (Å²) in [5, 5.41) is 4.00. The Bertz CT molecular complexity index is 528. The lowest BCUT2D eigenvalue weighted by molar-refractivity contribution is -0.135. The van der Waals surface area contributed by atoms with Crippen LogP contribution in [-0.2, 0) is 4.79 Å². The number of halogens is 2. The average molecular weight is 390 g/mol. The van der Waals surface area contributed by atoms with Crippen LogP contribution in [0.4, 0.5) is 0 Å². The molecule has 0 radical (unpaired) electrons. The standard InChI is InChI=1S/C18H28ClN3O2.ClH/c1-14(22-10-4-5-16(13-22)20-2)18(23)21(3)11-12-24-17-8-6-15(19)7-9-17;/h6-9,14,16,20H,4-5,10-13H2,1-3H3;1H. The van der Waals surface area contributed by atoms with E-state index in [0.717, 1.165) is 25.3 Å². The maximum absolute atomic E-state index is 12.6. The zero-order chi connectivity index (χ0) is 17.5. The predicted molar refractivity (Wildman–Crippen MR) is 105 cm³/mol. The molecule has 2 atom stereocenters.